The summed E-state index contributed by atoms with van der Waals surface area (Å²) in [7, 11) is 3.61. The molecule has 0 bridgehead atoms. The highest BCUT2D eigenvalue weighted by molar-refractivity contribution is 5.84. The third-order valence-electron chi connectivity index (χ3n) is 6.46. The van der Waals surface area contributed by atoms with Crippen molar-refractivity contribution in [2.24, 2.45) is 0 Å². The summed E-state index contributed by atoms with van der Waals surface area (Å²) in [5.74, 6) is 1.11. The van der Waals surface area contributed by atoms with Crippen LogP contribution in [0.3, 0.4) is 0 Å². The Kier molecular flexibility index (Phi) is 13.9. The lowest BCUT2D eigenvalue weighted by atomic mass is 10.1. The molecule has 2 aromatic rings. The maximum absolute atomic E-state index is 12.5. The number of amides is 1. The van der Waals surface area contributed by atoms with Gasteiger partial charge in [0, 0.05) is 37.1 Å². The molecule has 1 aromatic carbocycles. The highest BCUT2D eigenvalue weighted by Crippen LogP contribution is 2.24. The Hall–Kier alpha value is -2.49. The van der Waals surface area contributed by atoms with Gasteiger partial charge in [-0.2, -0.15) is 0 Å². The Morgan fingerprint density at radius 2 is 1.68 bits per heavy atom. The first kappa shape index (κ1) is 27.8. The van der Waals surface area contributed by atoms with Crippen molar-refractivity contribution >= 4 is 16.8 Å². The fourth-order valence-corrected chi connectivity index (χ4v) is 4.18. The molecule has 0 atom stereocenters. The van der Waals surface area contributed by atoms with Crippen molar-refractivity contribution in [1.29, 1.82) is 0 Å². The monoisotopic (exact) mass is 466 g/mol. The maximum atomic E-state index is 12.5. The Labute approximate surface area is 207 Å². The van der Waals surface area contributed by atoms with Gasteiger partial charge in [0.1, 0.15) is 5.75 Å². The Morgan fingerprint density at radius 1 is 0.971 bits per heavy atom. The molecule has 1 aromatic heterocycles. The molecule has 0 fully saturated rings. The zero-order valence-corrected chi connectivity index (χ0v) is 21.8. The number of carbonyl (C=O) groups excluding carboxylic acids is 1. The molecule has 188 valence electrons. The molecule has 4 heteroatoms. The minimum Gasteiger partial charge on any atom is -0.497 e. The summed E-state index contributed by atoms with van der Waals surface area (Å²) in [6, 6.07) is 6.06. The molecule has 34 heavy (non-hydrogen) atoms. The third kappa shape index (κ3) is 10.6. The van der Waals surface area contributed by atoms with E-state index in [0.717, 1.165) is 43.5 Å². The van der Waals surface area contributed by atoms with Crippen LogP contribution < -0.4 is 4.74 Å². The number of aromatic amines is 1. The van der Waals surface area contributed by atoms with Gasteiger partial charge < -0.3 is 14.6 Å². The Morgan fingerprint density at radius 3 is 2.41 bits per heavy atom. The molecule has 4 nitrogen and oxygen atoms in total. The zero-order valence-electron chi connectivity index (χ0n) is 21.8. The van der Waals surface area contributed by atoms with Crippen LogP contribution in [-0.2, 0) is 11.2 Å². The third-order valence-corrected chi connectivity index (χ3v) is 6.46. The summed E-state index contributed by atoms with van der Waals surface area (Å²) in [6.45, 7) is 2.99. The van der Waals surface area contributed by atoms with Gasteiger partial charge in [0.25, 0.3) is 0 Å². The second kappa shape index (κ2) is 17.0. The number of allylic oxidation sites excluding steroid dienone is 4. The van der Waals surface area contributed by atoms with E-state index >= 15 is 0 Å². The number of H-pyrrole nitrogens is 1. The van der Waals surface area contributed by atoms with Gasteiger partial charge >= 0.3 is 0 Å². The number of fused-ring (bicyclic) bond motifs is 1. The molecule has 0 aliphatic rings. The van der Waals surface area contributed by atoms with Crippen molar-refractivity contribution in [3.05, 3.63) is 54.3 Å². The van der Waals surface area contributed by atoms with E-state index in [1.165, 1.54) is 62.3 Å². The lowest BCUT2D eigenvalue weighted by Crippen LogP contribution is -2.28. The molecular weight excluding hydrogens is 420 g/mol. The summed E-state index contributed by atoms with van der Waals surface area (Å²) in [4.78, 5) is 17.7. The molecule has 0 saturated heterocycles. The van der Waals surface area contributed by atoms with Crippen LogP contribution in [0.25, 0.3) is 10.9 Å². The van der Waals surface area contributed by atoms with Crippen LogP contribution in [0, 0.1) is 0 Å². The maximum Gasteiger partial charge on any atom is 0.222 e. The number of methoxy groups -OCH3 is 1. The second-order valence-corrected chi connectivity index (χ2v) is 9.27. The average Bonchev–Trinajstić information content (AvgIpc) is 3.26. The van der Waals surface area contributed by atoms with E-state index in [0.29, 0.717) is 6.42 Å². The largest absolute Gasteiger partial charge is 0.497 e. The van der Waals surface area contributed by atoms with Gasteiger partial charge in [0.05, 0.1) is 7.11 Å². The quantitative estimate of drug-likeness (QED) is 0.179. The number of rotatable bonds is 18. The normalized spacial score (nSPS) is 11.7. The number of hydrogen-bond donors (Lipinski definition) is 1. The average molecular weight is 467 g/mol. The van der Waals surface area contributed by atoms with Gasteiger partial charge in [-0.3, -0.25) is 4.79 Å². The first-order valence-corrected chi connectivity index (χ1v) is 13.3. The van der Waals surface area contributed by atoms with E-state index in [4.69, 9.17) is 4.74 Å². The first-order valence-electron chi connectivity index (χ1n) is 13.3. The SMILES string of the molecule is CCCCC/C=C\C/C=C\CCCCCCCC(=O)N(C)CCc1c[nH]c2ccc(OC)cc12. The molecule has 0 radical (unpaired) electrons. The number of hydrogen-bond acceptors (Lipinski definition) is 2. The molecule has 1 N–H and O–H groups in total. The van der Waals surface area contributed by atoms with Crippen molar-refractivity contribution in [2.45, 2.75) is 90.4 Å². The van der Waals surface area contributed by atoms with Gasteiger partial charge in [-0.15, -0.1) is 0 Å². The smallest absolute Gasteiger partial charge is 0.222 e. The highest BCUT2D eigenvalue weighted by Gasteiger charge is 2.11. The van der Waals surface area contributed by atoms with Crippen LogP contribution in [0.4, 0.5) is 0 Å². The van der Waals surface area contributed by atoms with Crippen LogP contribution >= 0.6 is 0 Å². The number of benzene rings is 1. The van der Waals surface area contributed by atoms with Gasteiger partial charge in [-0.1, -0.05) is 63.3 Å². The molecule has 1 heterocycles. The van der Waals surface area contributed by atoms with Crippen LogP contribution in [0.5, 0.6) is 5.75 Å². The summed E-state index contributed by atoms with van der Waals surface area (Å²) in [5, 5.41) is 1.17. The van der Waals surface area contributed by atoms with E-state index in [2.05, 4.69) is 42.3 Å². The summed E-state index contributed by atoms with van der Waals surface area (Å²) < 4.78 is 5.35. The summed E-state index contributed by atoms with van der Waals surface area (Å²) >= 11 is 0. The number of aromatic nitrogens is 1. The molecule has 0 spiro atoms. The lowest BCUT2D eigenvalue weighted by Gasteiger charge is -2.17. The molecule has 0 aliphatic carbocycles. The van der Waals surface area contributed by atoms with Crippen molar-refractivity contribution < 1.29 is 9.53 Å². The van der Waals surface area contributed by atoms with Gasteiger partial charge in [-0.25, -0.2) is 0 Å². The van der Waals surface area contributed by atoms with Crippen molar-refractivity contribution in [2.75, 3.05) is 20.7 Å². The van der Waals surface area contributed by atoms with Crippen LogP contribution in [0.15, 0.2) is 48.7 Å². The fourth-order valence-electron chi connectivity index (χ4n) is 4.18. The standard InChI is InChI=1S/C30H46N2O2/c1-4-5-6-7-8-9-10-11-12-13-14-15-16-17-18-19-30(33)32(2)23-22-26-25-31-29-21-20-27(34-3)24-28(26)29/h8-9,11-12,20-21,24-25,31H,4-7,10,13-19,22-23H2,1-3H3/b9-8-,12-11-. The Balaban J connectivity index is 1.50. The van der Waals surface area contributed by atoms with Gasteiger partial charge in [0.2, 0.25) is 5.91 Å². The van der Waals surface area contributed by atoms with Crippen molar-refractivity contribution in [3.63, 3.8) is 0 Å². The van der Waals surface area contributed by atoms with E-state index in [-0.39, 0.29) is 5.91 Å². The topological polar surface area (TPSA) is 45.3 Å². The molecule has 0 saturated carbocycles. The van der Waals surface area contributed by atoms with Crippen LogP contribution in [0.1, 0.15) is 89.5 Å². The van der Waals surface area contributed by atoms with E-state index in [9.17, 15) is 4.79 Å². The van der Waals surface area contributed by atoms with Crippen molar-refractivity contribution in [3.8, 4) is 5.75 Å². The first-order chi connectivity index (χ1) is 16.7. The number of nitrogens with zero attached hydrogens (tertiary/aromatic N) is 1. The molecule has 0 unspecified atom stereocenters. The predicted molar refractivity (Wildman–Crippen MR) is 146 cm³/mol. The Bertz CT molecular complexity index is 881. The minimum absolute atomic E-state index is 0.253. The number of ether oxygens (including phenoxy) is 1. The number of likely N-dealkylation sites (N-methyl/N-ethyl adjacent to an activating group) is 1. The number of carbonyl (C=O) groups is 1. The van der Waals surface area contributed by atoms with Crippen LogP contribution in [0.2, 0.25) is 0 Å². The van der Waals surface area contributed by atoms with E-state index in [1.807, 2.05) is 30.3 Å². The molecule has 0 aliphatic heterocycles. The zero-order chi connectivity index (χ0) is 24.4. The molecular formula is C30H46N2O2. The molecule has 1 amide bonds. The lowest BCUT2D eigenvalue weighted by molar-refractivity contribution is -0.130. The highest BCUT2D eigenvalue weighted by atomic mass is 16.5. The van der Waals surface area contributed by atoms with E-state index in [1.54, 1.807) is 7.11 Å². The van der Waals surface area contributed by atoms with Gasteiger partial charge in [0.15, 0.2) is 0 Å². The second-order valence-electron chi connectivity index (χ2n) is 9.27. The fraction of sp³-hybridized carbons (Fsp3) is 0.567. The van der Waals surface area contributed by atoms with Crippen molar-refractivity contribution in [1.82, 2.24) is 9.88 Å². The number of unbranched alkanes of at least 4 members (excludes halogenated alkanes) is 8. The van der Waals surface area contributed by atoms with E-state index < -0.39 is 0 Å². The summed E-state index contributed by atoms with van der Waals surface area (Å²) in [6.07, 6.45) is 26.0. The number of nitrogens with one attached hydrogen (secondary N) is 1. The van der Waals surface area contributed by atoms with Gasteiger partial charge in [-0.05, 0) is 68.7 Å². The molecule has 2 rings (SSSR count). The predicted octanol–water partition coefficient (Wildman–Crippen LogP) is 7.99. The minimum atomic E-state index is 0.253. The summed E-state index contributed by atoms with van der Waals surface area (Å²) in [5.41, 5.74) is 2.33. The van der Waals surface area contributed by atoms with Crippen LogP contribution in [-0.4, -0.2) is 36.5 Å².